The van der Waals surface area contributed by atoms with E-state index in [9.17, 15) is 4.79 Å². The average Bonchev–Trinajstić information content (AvgIpc) is 2.96. The van der Waals surface area contributed by atoms with Crippen LogP contribution in [-0.2, 0) is 14.3 Å². The van der Waals surface area contributed by atoms with E-state index >= 15 is 0 Å². The number of hydrogen-bond donors (Lipinski definition) is 1. The third-order valence-electron chi connectivity index (χ3n) is 4.34. The van der Waals surface area contributed by atoms with Crippen molar-refractivity contribution in [1.29, 1.82) is 0 Å². The predicted molar refractivity (Wildman–Crippen MR) is 84.6 cm³/mol. The highest BCUT2D eigenvalue weighted by molar-refractivity contribution is 5.85. The van der Waals surface area contributed by atoms with Crippen molar-refractivity contribution in [3.05, 3.63) is 0 Å². The zero-order chi connectivity index (χ0) is 14.4. The molecule has 1 amide bonds. The highest BCUT2D eigenvalue weighted by Gasteiger charge is 2.25. The summed E-state index contributed by atoms with van der Waals surface area (Å²) in [6, 6.07) is 0.168. The zero-order valence-electron chi connectivity index (χ0n) is 13.0. The Kier molecular flexibility index (Phi) is 8.56. The number of halogens is 1. The molecule has 3 atom stereocenters. The van der Waals surface area contributed by atoms with Gasteiger partial charge in [-0.25, -0.2) is 0 Å². The molecule has 0 radical (unpaired) electrons. The molecule has 5 nitrogen and oxygen atoms in total. The van der Waals surface area contributed by atoms with E-state index in [0.717, 1.165) is 45.4 Å². The van der Waals surface area contributed by atoms with E-state index in [1.54, 1.807) is 0 Å². The van der Waals surface area contributed by atoms with Gasteiger partial charge >= 0.3 is 0 Å². The van der Waals surface area contributed by atoms with Crippen LogP contribution >= 0.6 is 12.4 Å². The summed E-state index contributed by atoms with van der Waals surface area (Å²) in [4.78, 5) is 14.1. The molecule has 2 aliphatic heterocycles. The second kappa shape index (κ2) is 9.62. The van der Waals surface area contributed by atoms with E-state index in [2.05, 4.69) is 0 Å². The molecule has 2 rings (SSSR count). The van der Waals surface area contributed by atoms with Crippen LogP contribution in [0.4, 0.5) is 0 Å². The number of likely N-dealkylation sites (tertiary alicyclic amines) is 1. The summed E-state index contributed by atoms with van der Waals surface area (Å²) in [5.74, 6) is 0.642. The summed E-state index contributed by atoms with van der Waals surface area (Å²) in [5.41, 5.74) is 5.94. The molecular formula is C15H29ClN2O3. The molecule has 0 bridgehead atoms. The minimum absolute atomic E-state index is 0. The summed E-state index contributed by atoms with van der Waals surface area (Å²) >= 11 is 0. The fourth-order valence-electron chi connectivity index (χ4n) is 2.97. The molecule has 0 aliphatic carbocycles. The second-order valence-electron chi connectivity index (χ2n) is 6.06. The molecule has 0 saturated carbocycles. The minimum atomic E-state index is 0. The molecule has 2 fully saturated rings. The van der Waals surface area contributed by atoms with Crippen molar-refractivity contribution in [3.8, 4) is 0 Å². The van der Waals surface area contributed by atoms with Crippen molar-refractivity contribution >= 4 is 18.3 Å². The largest absolute Gasteiger partial charge is 0.378 e. The first-order chi connectivity index (χ1) is 9.66. The number of carbonyl (C=O) groups is 1. The van der Waals surface area contributed by atoms with Gasteiger partial charge in [-0.05, 0) is 38.5 Å². The molecule has 2 heterocycles. The van der Waals surface area contributed by atoms with Crippen molar-refractivity contribution in [3.63, 3.8) is 0 Å². The van der Waals surface area contributed by atoms with Gasteiger partial charge in [-0.15, -0.1) is 12.4 Å². The van der Waals surface area contributed by atoms with Gasteiger partial charge in [0.2, 0.25) is 5.91 Å². The zero-order valence-corrected chi connectivity index (χ0v) is 13.8. The Balaban J connectivity index is 0.00000220. The van der Waals surface area contributed by atoms with Gasteiger partial charge in [-0.3, -0.25) is 4.79 Å². The van der Waals surface area contributed by atoms with Crippen molar-refractivity contribution in [1.82, 2.24) is 4.90 Å². The van der Waals surface area contributed by atoms with E-state index in [-0.39, 0.29) is 30.5 Å². The quantitative estimate of drug-likeness (QED) is 0.755. The van der Waals surface area contributed by atoms with Crippen LogP contribution in [0.5, 0.6) is 0 Å². The van der Waals surface area contributed by atoms with E-state index in [4.69, 9.17) is 15.2 Å². The molecule has 0 spiro atoms. The average molecular weight is 321 g/mol. The van der Waals surface area contributed by atoms with E-state index in [0.29, 0.717) is 25.6 Å². The summed E-state index contributed by atoms with van der Waals surface area (Å²) in [6.45, 7) is 5.67. The van der Waals surface area contributed by atoms with Crippen LogP contribution in [-0.4, -0.2) is 55.9 Å². The van der Waals surface area contributed by atoms with Crippen LogP contribution < -0.4 is 5.73 Å². The van der Waals surface area contributed by atoms with Crippen LogP contribution in [0, 0.1) is 5.92 Å². The molecule has 124 valence electrons. The van der Waals surface area contributed by atoms with Crippen LogP contribution in [0.1, 0.15) is 39.0 Å². The summed E-state index contributed by atoms with van der Waals surface area (Å²) < 4.78 is 11.0. The standard InChI is InChI=1S/C15H28N2O3.ClH/c1-12(16)13-4-2-7-17(10-13)15(18)6-9-19-11-14-5-3-8-20-14;/h12-14H,2-11,16H2,1H3;1H. The number of rotatable bonds is 6. The lowest BCUT2D eigenvalue weighted by molar-refractivity contribution is -0.134. The molecule has 0 aromatic rings. The molecule has 0 aromatic heterocycles. The van der Waals surface area contributed by atoms with Crippen LogP contribution in [0.2, 0.25) is 0 Å². The molecular weight excluding hydrogens is 292 g/mol. The SMILES string of the molecule is CC(N)C1CCCN(C(=O)CCOCC2CCCO2)C1.Cl. The molecule has 2 aliphatic rings. The Bertz CT molecular complexity index is 309. The Hall–Kier alpha value is -0.360. The molecule has 2 N–H and O–H groups in total. The van der Waals surface area contributed by atoms with Crippen LogP contribution in [0.3, 0.4) is 0 Å². The first-order valence-corrected chi connectivity index (χ1v) is 7.89. The molecule has 0 aromatic carbocycles. The maximum Gasteiger partial charge on any atom is 0.224 e. The maximum atomic E-state index is 12.1. The number of nitrogens with zero attached hydrogens (tertiary/aromatic N) is 1. The van der Waals surface area contributed by atoms with Gasteiger partial charge in [0, 0.05) is 25.7 Å². The Labute approximate surface area is 133 Å². The molecule has 2 saturated heterocycles. The van der Waals surface area contributed by atoms with Crippen molar-refractivity contribution in [2.24, 2.45) is 11.7 Å². The lowest BCUT2D eigenvalue weighted by Crippen LogP contribution is -2.45. The van der Waals surface area contributed by atoms with Gasteiger partial charge in [0.15, 0.2) is 0 Å². The number of amides is 1. The summed E-state index contributed by atoms with van der Waals surface area (Å²) in [5, 5.41) is 0. The topological polar surface area (TPSA) is 64.8 Å². The highest BCUT2D eigenvalue weighted by atomic mass is 35.5. The first-order valence-electron chi connectivity index (χ1n) is 7.89. The van der Waals surface area contributed by atoms with Gasteiger partial charge in [0.05, 0.1) is 25.7 Å². The van der Waals surface area contributed by atoms with Gasteiger partial charge in [-0.1, -0.05) is 0 Å². The van der Waals surface area contributed by atoms with Crippen LogP contribution in [0.25, 0.3) is 0 Å². The van der Waals surface area contributed by atoms with Gasteiger partial charge in [0.1, 0.15) is 0 Å². The number of piperidine rings is 1. The fraction of sp³-hybridized carbons (Fsp3) is 0.933. The third-order valence-corrected chi connectivity index (χ3v) is 4.34. The molecule has 6 heteroatoms. The van der Waals surface area contributed by atoms with E-state index in [1.807, 2.05) is 11.8 Å². The number of carbonyl (C=O) groups excluding carboxylic acids is 1. The van der Waals surface area contributed by atoms with Crippen molar-refractivity contribution < 1.29 is 14.3 Å². The first kappa shape index (κ1) is 18.7. The summed E-state index contributed by atoms with van der Waals surface area (Å²) in [7, 11) is 0. The van der Waals surface area contributed by atoms with Gasteiger partial charge < -0.3 is 20.1 Å². The Morgan fingerprint density at radius 1 is 1.43 bits per heavy atom. The van der Waals surface area contributed by atoms with Crippen molar-refractivity contribution in [2.75, 3.05) is 32.9 Å². The summed E-state index contributed by atoms with van der Waals surface area (Å²) in [6.07, 6.45) is 5.11. The third kappa shape index (κ3) is 6.10. The lowest BCUT2D eigenvalue weighted by atomic mass is 9.92. The Morgan fingerprint density at radius 3 is 2.90 bits per heavy atom. The monoisotopic (exact) mass is 320 g/mol. The lowest BCUT2D eigenvalue weighted by Gasteiger charge is -2.34. The van der Waals surface area contributed by atoms with Crippen molar-refractivity contribution in [2.45, 2.75) is 51.2 Å². The number of nitrogens with two attached hydrogens (primary N) is 1. The molecule has 3 unspecified atom stereocenters. The second-order valence-corrected chi connectivity index (χ2v) is 6.06. The highest BCUT2D eigenvalue weighted by Crippen LogP contribution is 2.19. The molecule has 21 heavy (non-hydrogen) atoms. The smallest absolute Gasteiger partial charge is 0.224 e. The van der Waals surface area contributed by atoms with Crippen LogP contribution in [0.15, 0.2) is 0 Å². The minimum Gasteiger partial charge on any atom is -0.378 e. The van der Waals surface area contributed by atoms with E-state index in [1.165, 1.54) is 0 Å². The normalized spacial score (nSPS) is 27.2. The van der Waals surface area contributed by atoms with E-state index < -0.39 is 0 Å². The maximum absolute atomic E-state index is 12.1. The number of hydrogen-bond acceptors (Lipinski definition) is 4. The van der Waals surface area contributed by atoms with Gasteiger partial charge in [0.25, 0.3) is 0 Å². The van der Waals surface area contributed by atoms with Gasteiger partial charge in [-0.2, -0.15) is 0 Å². The number of ether oxygens (including phenoxy) is 2. The predicted octanol–water partition coefficient (Wildman–Crippen LogP) is 1.58. The Morgan fingerprint density at radius 2 is 2.24 bits per heavy atom. The fourth-order valence-corrected chi connectivity index (χ4v) is 2.97.